The number of halogens is 7. The van der Waals surface area contributed by atoms with Crippen molar-refractivity contribution < 1.29 is 35.8 Å². The minimum atomic E-state index is -6.39. The van der Waals surface area contributed by atoms with Crippen molar-refractivity contribution >= 4 is 0 Å². The normalized spacial score (nSPS) is 15.9. The first-order chi connectivity index (χ1) is 11.3. The van der Waals surface area contributed by atoms with Gasteiger partial charge in [0.1, 0.15) is 0 Å². The van der Waals surface area contributed by atoms with Crippen molar-refractivity contribution in [3.8, 4) is 0 Å². The molecule has 1 aromatic rings. The molecule has 0 saturated heterocycles. The molecule has 1 atom stereocenters. The number of benzene rings is 1. The average Bonchev–Trinajstić information content (AvgIpc) is 2.50. The quantitative estimate of drug-likeness (QED) is 0.545. The molecule has 0 saturated carbocycles. The van der Waals surface area contributed by atoms with Gasteiger partial charge in [-0.1, -0.05) is 50.1 Å². The largest absolute Gasteiger partial charge is 0.459 e. The van der Waals surface area contributed by atoms with Crippen molar-refractivity contribution in [2.24, 2.45) is 0 Å². The molecule has 0 amide bonds. The molecule has 1 nitrogen and oxygen atoms in total. The smallest absolute Gasteiger partial charge is 0.390 e. The molecule has 25 heavy (non-hydrogen) atoms. The summed E-state index contributed by atoms with van der Waals surface area (Å²) in [4.78, 5) is 0. The highest BCUT2D eigenvalue weighted by Gasteiger charge is 2.73. The topological polar surface area (TPSA) is 20.2 Å². The molecule has 144 valence electrons. The maximum atomic E-state index is 13.7. The summed E-state index contributed by atoms with van der Waals surface area (Å²) in [6.45, 7) is 1.69. The first-order valence-corrected chi connectivity index (χ1v) is 7.93. The van der Waals surface area contributed by atoms with Crippen molar-refractivity contribution in [2.45, 2.75) is 69.1 Å². The molecular weight excluding hydrogens is 353 g/mol. The summed E-state index contributed by atoms with van der Waals surface area (Å²) in [7, 11) is 0. The van der Waals surface area contributed by atoms with Gasteiger partial charge in [-0.15, -0.1) is 0 Å². The van der Waals surface area contributed by atoms with E-state index in [4.69, 9.17) is 0 Å². The van der Waals surface area contributed by atoms with Gasteiger partial charge in [-0.2, -0.15) is 30.7 Å². The maximum Gasteiger partial charge on any atom is 0.459 e. The highest BCUT2D eigenvalue weighted by Crippen LogP contribution is 2.50. The predicted molar refractivity (Wildman–Crippen MR) is 79.8 cm³/mol. The Morgan fingerprint density at radius 2 is 1.44 bits per heavy atom. The van der Waals surface area contributed by atoms with Gasteiger partial charge in [-0.05, 0) is 24.8 Å². The van der Waals surface area contributed by atoms with Crippen LogP contribution in [0.3, 0.4) is 0 Å². The van der Waals surface area contributed by atoms with Crippen LogP contribution in [0.2, 0.25) is 0 Å². The van der Waals surface area contributed by atoms with Crippen LogP contribution < -0.4 is 0 Å². The van der Waals surface area contributed by atoms with Gasteiger partial charge in [-0.25, -0.2) is 0 Å². The molecule has 0 radical (unpaired) electrons. The minimum absolute atomic E-state index is 0.0920. The van der Waals surface area contributed by atoms with Crippen molar-refractivity contribution in [3.05, 3.63) is 35.9 Å². The van der Waals surface area contributed by atoms with E-state index < -0.39 is 30.0 Å². The van der Waals surface area contributed by atoms with Gasteiger partial charge < -0.3 is 5.11 Å². The number of alkyl halides is 7. The second-order valence-electron chi connectivity index (χ2n) is 6.27. The molecule has 1 N–H and O–H groups in total. The summed E-state index contributed by atoms with van der Waals surface area (Å²) in [5, 5.41) is 10.4. The van der Waals surface area contributed by atoms with E-state index in [1.807, 2.05) is 0 Å². The fourth-order valence-corrected chi connectivity index (χ4v) is 2.56. The molecule has 0 aliphatic carbocycles. The lowest BCUT2D eigenvalue weighted by Gasteiger charge is -2.36. The number of hydrogen-bond acceptors (Lipinski definition) is 1. The zero-order chi connectivity index (χ0) is 19.4. The Labute approximate surface area is 141 Å². The summed E-state index contributed by atoms with van der Waals surface area (Å²) in [6, 6.07) is 8.37. The van der Waals surface area contributed by atoms with Gasteiger partial charge in [0.05, 0.1) is 5.60 Å². The summed E-state index contributed by atoms with van der Waals surface area (Å²) in [5.41, 5.74) is -1.65. The fourth-order valence-electron chi connectivity index (χ4n) is 2.56. The van der Waals surface area contributed by atoms with Gasteiger partial charge in [0.2, 0.25) is 0 Å². The van der Waals surface area contributed by atoms with Crippen LogP contribution in [0.4, 0.5) is 30.7 Å². The van der Waals surface area contributed by atoms with Crippen LogP contribution in [-0.4, -0.2) is 28.7 Å². The van der Waals surface area contributed by atoms with Crippen LogP contribution in [0.5, 0.6) is 0 Å². The van der Waals surface area contributed by atoms with Crippen molar-refractivity contribution in [2.75, 3.05) is 0 Å². The third-order valence-corrected chi connectivity index (χ3v) is 4.08. The molecule has 0 bridgehead atoms. The summed E-state index contributed by atoms with van der Waals surface area (Å²) >= 11 is 0. The van der Waals surface area contributed by atoms with Gasteiger partial charge in [-0.3, -0.25) is 0 Å². The minimum Gasteiger partial charge on any atom is -0.390 e. The second kappa shape index (κ2) is 7.93. The third-order valence-electron chi connectivity index (χ3n) is 4.08. The fraction of sp³-hybridized carbons (Fsp3) is 0.647. The highest BCUT2D eigenvalue weighted by molar-refractivity contribution is 5.15. The van der Waals surface area contributed by atoms with E-state index in [0.717, 1.165) is 0 Å². The zero-order valence-corrected chi connectivity index (χ0v) is 13.7. The average molecular weight is 374 g/mol. The van der Waals surface area contributed by atoms with E-state index in [1.165, 1.54) is 0 Å². The molecule has 0 heterocycles. The Balaban J connectivity index is 2.96. The lowest BCUT2D eigenvalue weighted by Crippen LogP contribution is -2.55. The van der Waals surface area contributed by atoms with E-state index in [-0.39, 0.29) is 25.7 Å². The van der Waals surface area contributed by atoms with E-state index >= 15 is 0 Å². The van der Waals surface area contributed by atoms with Gasteiger partial charge in [0.15, 0.2) is 0 Å². The molecule has 1 rings (SSSR count). The first-order valence-electron chi connectivity index (χ1n) is 7.93. The number of hydrogen-bond donors (Lipinski definition) is 1. The number of aryl methyl sites for hydroxylation is 1. The van der Waals surface area contributed by atoms with Crippen molar-refractivity contribution in [1.29, 1.82) is 0 Å². The Kier molecular flexibility index (Phi) is 6.89. The highest BCUT2D eigenvalue weighted by atomic mass is 19.4. The van der Waals surface area contributed by atoms with Crippen molar-refractivity contribution in [3.63, 3.8) is 0 Å². The van der Waals surface area contributed by atoms with Crippen LogP contribution in [0.15, 0.2) is 30.3 Å². The number of aliphatic hydroxyl groups is 1. The molecule has 1 aromatic carbocycles. The summed E-state index contributed by atoms with van der Waals surface area (Å²) in [5.74, 6) is -11.6. The molecule has 0 spiro atoms. The standard InChI is InChI=1S/C17H21F7O/c1-2-3-10-14(25,11-9-13-7-5-4-6-8-13)12-15(18,19)16(20,21)17(22,23)24/h4-8,25H,2-3,9-12H2,1H3. The number of unbranched alkanes of at least 4 members (excludes halogenated alkanes) is 1. The van der Waals surface area contributed by atoms with Crippen molar-refractivity contribution in [1.82, 2.24) is 0 Å². The Morgan fingerprint density at radius 3 is 1.92 bits per heavy atom. The molecule has 0 fully saturated rings. The van der Waals surface area contributed by atoms with Crippen LogP contribution >= 0.6 is 0 Å². The molecule has 1 unspecified atom stereocenters. The van der Waals surface area contributed by atoms with Crippen LogP contribution in [-0.2, 0) is 6.42 Å². The van der Waals surface area contributed by atoms with E-state index in [2.05, 4.69) is 0 Å². The van der Waals surface area contributed by atoms with Crippen LogP contribution in [0, 0.1) is 0 Å². The summed E-state index contributed by atoms with van der Waals surface area (Å²) < 4.78 is 90.6. The van der Waals surface area contributed by atoms with Gasteiger partial charge in [0, 0.05) is 6.42 Å². The van der Waals surface area contributed by atoms with E-state index in [9.17, 15) is 35.8 Å². The number of rotatable bonds is 9. The molecular formula is C17H21F7O. The Hall–Kier alpha value is -1.31. The SMILES string of the molecule is CCCCC(O)(CCc1ccccc1)CC(F)(F)C(F)(F)C(F)(F)F. The van der Waals surface area contributed by atoms with Crippen LogP contribution in [0.1, 0.15) is 44.6 Å². The molecule has 0 aliphatic heterocycles. The first kappa shape index (κ1) is 21.7. The maximum absolute atomic E-state index is 13.7. The lowest BCUT2D eigenvalue weighted by molar-refractivity contribution is -0.361. The Bertz CT molecular complexity index is 528. The third kappa shape index (κ3) is 5.59. The lowest BCUT2D eigenvalue weighted by atomic mass is 9.83. The van der Waals surface area contributed by atoms with E-state index in [1.54, 1.807) is 37.3 Å². The molecule has 8 heteroatoms. The predicted octanol–water partition coefficient (Wildman–Crippen LogP) is 5.76. The molecule has 0 aromatic heterocycles. The van der Waals surface area contributed by atoms with E-state index in [0.29, 0.717) is 12.0 Å². The summed E-state index contributed by atoms with van der Waals surface area (Å²) in [6.07, 6.45) is -8.14. The van der Waals surface area contributed by atoms with Gasteiger partial charge in [0.25, 0.3) is 0 Å². The monoisotopic (exact) mass is 374 g/mol. The zero-order valence-electron chi connectivity index (χ0n) is 13.7. The van der Waals surface area contributed by atoms with Crippen LogP contribution in [0.25, 0.3) is 0 Å². The van der Waals surface area contributed by atoms with Gasteiger partial charge >= 0.3 is 18.0 Å². The Morgan fingerprint density at radius 1 is 0.880 bits per heavy atom. The molecule has 0 aliphatic rings. The second-order valence-corrected chi connectivity index (χ2v) is 6.27.